The predicted octanol–water partition coefficient (Wildman–Crippen LogP) is 2.14. The van der Waals surface area contributed by atoms with Gasteiger partial charge in [-0.1, -0.05) is 12.1 Å². The van der Waals surface area contributed by atoms with E-state index in [1.165, 1.54) is 0 Å². The van der Waals surface area contributed by atoms with Crippen molar-refractivity contribution in [1.82, 2.24) is 0 Å². The molecule has 0 radical (unpaired) electrons. The third-order valence-corrected chi connectivity index (χ3v) is 3.10. The highest BCUT2D eigenvalue weighted by Gasteiger charge is 2.13. The maximum atomic E-state index is 6.07. The van der Waals surface area contributed by atoms with Crippen LogP contribution in [0.15, 0.2) is 24.3 Å². The van der Waals surface area contributed by atoms with Crippen molar-refractivity contribution >= 4 is 33.5 Å². The third-order valence-electron chi connectivity index (χ3n) is 3.10. The van der Waals surface area contributed by atoms with E-state index in [4.69, 9.17) is 11.5 Å². The van der Waals surface area contributed by atoms with Crippen LogP contribution in [0.4, 0.5) is 22.7 Å². The van der Waals surface area contributed by atoms with Crippen LogP contribution in [0.1, 0.15) is 0 Å². The lowest BCUT2D eigenvalue weighted by molar-refractivity contribution is 1.14. The minimum Gasteiger partial charge on any atom is -0.397 e. The summed E-state index contributed by atoms with van der Waals surface area (Å²) < 4.78 is 0. The topological polar surface area (TPSA) is 58.5 Å². The molecule has 4 heteroatoms. The lowest BCUT2D eigenvalue weighted by atomic mass is 10.0. The molecular formula is C14H20N4. The van der Waals surface area contributed by atoms with Crippen molar-refractivity contribution in [2.75, 3.05) is 49.5 Å². The van der Waals surface area contributed by atoms with E-state index in [1.807, 2.05) is 62.3 Å². The van der Waals surface area contributed by atoms with Crippen LogP contribution in [0.2, 0.25) is 0 Å². The summed E-state index contributed by atoms with van der Waals surface area (Å²) in [5.41, 5.74) is 15.8. The van der Waals surface area contributed by atoms with E-state index < -0.39 is 0 Å². The maximum absolute atomic E-state index is 6.07. The molecule has 0 saturated carbocycles. The molecule has 0 bridgehead atoms. The van der Waals surface area contributed by atoms with Crippen LogP contribution in [0.3, 0.4) is 0 Å². The third kappa shape index (κ3) is 1.79. The van der Waals surface area contributed by atoms with Crippen LogP contribution in [0.5, 0.6) is 0 Å². The van der Waals surface area contributed by atoms with Gasteiger partial charge in [0, 0.05) is 39.0 Å². The summed E-state index contributed by atoms with van der Waals surface area (Å²) in [6, 6.07) is 7.93. The number of nitrogens with two attached hydrogens (primary N) is 2. The van der Waals surface area contributed by atoms with Crippen molar-refractivity contribution in [2.45, 2.75) is 0 Å². The zero-order chi connectivity index (χ0) is 13.4. The van der Waals surface area contributed by atoms with Crippen LogP contribution < -0.4 is 21.3 Å². The second-order valence-electron chi connectivity index (χ2n) is 4.89. The van der Waals surface area contributed by atoms with Crippen molar-refractivity contribution in [3.05, 3.63) is 24.3 Å². The summed E-state index contributed by atoms with van der Waals surface area (Å²) >= 11 is 0. The highest BCUT2D eigenvalue weighted by molar-refractivity contribution is 6.08. The van der Waals surface area contributed by atoms with Gasteiger partial charge in [-0.3, -0.25) is 0 Å². The van der Waals surface area contributed by atoms with E-state index >= 15 is 0 Å². The van der Waals surface area contributed by atoms with Crippen molar-refractivity contribution in [2.24, 2.45) is 0 Å². The molecule has 0 aliphatic carbocycles. The summed E-state index contributed by atoms with van der Waals surface area (Å²) in [6.45, 7) is 0. The summed E-state index contributed by atoms with van der Waals surface area (Å²) in [6.07, 6.45) is 0. The van der Waals surface area contributed by atoms with Gasteiger partial charge in [-0.05, 0) is 12.1 Å². The van der Waals surface area contributed by atoms with E-state index in [0.29, 0.717) is 0 Å². The van der Waals surface area contributed by atoms with Gasteiger partial charge in [-0.2, -0.15) is 0 Å². The first-order valence-electron chi connectivity index (χ1n) is 5.88. The quantitative estimate of drug-likeness (QED) is 0.795. The van der Waals surface area contributed by atoms with Crippen molar-refractivity contribution < 1.29 is 0 Å². The summed E-state index contributed by atoms with van der Waals surface area (Å²) in [5.74, 6) is 0. The number of nitrogens with zero attached hydrogens (tertiary/aromatic N) is 2. The Labute approximate surface area is 108 Å². The Bertz CT molecular complexity index is 535. The number of rotatable bonds is 2. The molecule has 0 spiro atoms. The van der Waals surface area contributed by atoms with Gasteiger partial charge in [0.15, 0.2) is 0 Å². The molecule has 0 atom stereocenters. The van der Waals surface area contributed by atoms with Gasteiger partial charge in [0.05, 0.1) is 22.7 Å². The lowest BCUT2D eigenvalue weighted by Crippen LogP contribution is -2.14. The molecule has 2 aromatic rings. The Hall–Kier alpha value is -2.10. The monoisotopic (exact) mass is 244 g/mol. The van der Waals surface area contributed by atoms with Crippen molar-refractivity contribution in [3.63, 3.8) is 0 Å². The fourth-order valence-corrected chi connectivity index (χ4v) is 2.41. The molecule has 0 aliphatic rings. The van der Waals surface area contributed by atoms with E-state index in [-0.39, 0.29) is 0 Å². The first kappa shape index (κ1) is 12.4. The molecule has 0 fully saturated rings. The van der Waals surface area contributed by atoms with Gasteiger partial charge in [0.2, 0.25) is 0 Å². The zero-order valence-corrected chi connectivity index (χ0v) is 11.4. The van der Waals surface area contributed by atoms with Crippen LogP contribution in [-0.4, -0.2) is 28.2 Å². The second-order valence-corrected chi connectivity index (χ2v) is 4.89. The van der Waals surface area contributed by atoms with Crippen LogP contribution in [-0.2, 0) is 0 Å². The number of nitrogen functional groups attached to an aromatic ring is 2. The van der Waals surface area contributed by atoms with Gasteiger partial charge in [0.1, 0.15) is 0 Å². The van der Waals surface area contributed by atoms with Crippen molar-refractivity contribution in [1.29, 1.82) is 0 Å². The Morgan fingerprint density at radius 2 is 1.00 bits per heavy atom. The highest BCUT2D eigenvalue weighted by Crippen LogP contribution is 2.38. The molecule has 0 aromatic heterocycles. The minimum absolute atomic E-state index is 0.780. The van der Waals surface area contributed by atoms with E-state index in [1.54, 1.807) is 0 Å². The fourth-order valence-electron chi connectivity index (χ4n) is 2.41. The second kappa shape index (κ2) is 4.29. The number of fused-ring (bicyclic) bond motifs is 1. The van der Waals surface area contributed by atoms with Crippen LogP contribution >= 0.6 is 0 Å². The standard InChI is InChI=1S/C14H20N4/c1-17(2)13-9-5-8-12(16)14(18(3)4)10(9)6-7-11(13)15/h5-8H,15-16H2,1-4H3. The van der Waals surface area contributed by atoms with Gasteiger partial charge in [0.25, 0.3) is 0 Å². The van der Waals surface area contributed by atoms with E-state index in [9.17, 15) is 0 Å². The average molecular weight is 244 g/mol. The van der Waals surface area contributed by atoms with Crippen LogP contribution in [0.25, 0.3) is 10.8 Å². The highest BCUT2D eigenvalue weighted by atomic mass is 15.1. The summed E-state index contributed by atoms with van der Waals surface area (Å²) in [7, 11) is 7.99. The number of benzene rings is 2. The Morgan fingerprint density at radius 1 is 0.667 bits per heavy atom. The van der Waals surface area contributed by atoms with Gasteiger partial charge < -0.3 is 21.3 Å². The molecular weight excluding hydrogens is 224 g/mol. The smallest absolute Gasteiger partial charge is 0.0675 e. The number of hydrogen-bond donors (Lipinski definition) is 2. The molecule has 2 rings (SSSR count). The lowest BCUT2D eigenvalue weighted by Gasteiger charge is -2.22. The Morgan fingerprint density at radius 3 is 1.28 bits per heavy atom. The van der Waals surface area contributed by atoms with E-state index in [0.717, 1.165) is 33.5 Å². The summed E-state index contributed by atoms with van der Waals surface area (Å²) in [4.78, 5) is 4.07. The number of anilines is 4. The molecule has 4 N–H and O–H groups in total. The fraction of sp³-hybridized carbons (Fsp3) is 0.286. The average Bonchev–Trinajstić information content (AvgIpc) is 2.27. The largest absolute Gasteiger partial charge is 0.397 e. The molecule has 0 amide bonds. The molecule has 96 valence electrons. The summed E-state index contributed by atoms with van der Waals surface area (Å²) in [5, 5.41) is 2.25. The molecule has 0 aliphatic heterocycles. The molecule has 2 aromatic carbocycles. The predicted molar refractivity (Wildman–Crippen MR) is 81.4 cm³/mol. The zero-order valence-electron chi connectivity index (χ0n) is 11.4. The molecule has 0 unspecified atom stereocenters. The number of hydrogen-bond acceptors (Lipinski definition) is 4. The first-order chi connectivity index (χ1) is 8.43. The van der Waals surface area contributed by atoms with Gasteiger partial charge in [-0.25, -0.2) is 0 Å². The molecule has 18 heavy (non-hydrogen) atoms. The molecule has 4 nitrogen and oxygen atoms in total. The van der Waals surface area contributed by atoms with Gasteiger partial charge >= 0.3 is 0 Å². The SMILES string of the molecule is CN(C)c1c(N)ccc2c(N(C)C)c(N)ccc12. The van der Waals surface area contributed by atoms with Crippen molar-refractivity contribution in [3.8, 4) is 0 Å². The normalized spacial score (nSPS) is 10.7. The Balaban J connectivity index is 2.89. The first-order valence-corrected chi connectivity index (χ1v) is 5.88. The van der Waals surface area contributed by atoms with E-state index in [2.05, 4.69) is 0 Å². The maximum Gasteiger partial charge on any atom is 0.0675 e. The molecule has 0 saturated heterocycles. The molecule has 0 heterocycles. The minimum atomic E-state index is 0.780. The Kier molecular flexibility index (Phi) is 2.95. The van der Waals surface area contributed by atoms with Gasteiger partial charge in [-0.15, -0.1) is 0 Å². The van der Waals surface area contributed by atoms with Crippen LogP contribution in [0, 0.1) is 0 Å².